The first-order valence-electron chi connectivity index (χ1n) is 4.16. The third kappa shape index (κ3) is 3.67. The molecule has 0 radical (unpaired) electrons. The van der Waals surface area contributed by atoms with Crippen molar-refractivity contribution in [3.63, 3.8) is 0 Å². The van der Waals surface area contributed by atoms with Gasteiger partial charge in [0.15, 0.2) is 0 Å². The second-order valence-corrected chi connectivity index (χ2v) is 2.82. The average molecular weight is 188 g/mol. The predicted molar refractivity (Wildman–Crippen MR) is 52.0 cm³/mol. The minimum atomic E-state index is -1.18. The van der Waals surface area contributed by atoms with Gasteiger partial charge in [0.05, 0.1) is 5.97 Å². The highest BCUT2D eigenvalue weighted by molar-refractivity contribution is 5.79. The van der Waals surface area contributed by atoms with Gasteiger partial charge in [-0.05, 0) is 36.3 Å². The van der Waals surface area contributed by atoms with E-state index in [1.807, 2.05) is 18.2 Å². The van der Waals surface area contributed by atoms with Gasteiger partial charge in [-0.1, -0.05) is 12.2 Å². The Kier molecular flexibility index (Phi) is 3.61. The lowest BCUT2D eigenvalue weighted by Gasteiger charge is -1.95. The zero-order valence-corrected chi connectivity index (χ0v) is 7.81. The molecule has 0 aliphatic rings. The Bertz CT molecular complexity index is 366. The molecule has 0 N–H and O–H groups in total. The fourth-order valence-electron chi connectivity index (χ4n) is 0.936. The van der Waals surface area contributed by atoms with Crippen LogP contribution in [0.3, 0.4) is 0 Å². The molecule has 0 saturated heterocycles. The Balaban J connectivity index is 2.70. The molecule has 0 unspecified atom stereocenters. The number of carbonyl (C=O) groups excluding carboxylic acids is 1. The minimum Gasteiger partial charge on any atom is -0.545 e. The smallest absolute Gasteiger partial charge is 0.0645 e. The molecule has 0 atom stereocenters. The number of carboxylic acid groups (broad SMARTS) is 1. The predicted octanol–water partition coefficient (Wildman–Crippen LogP) is 0.791. The normalized spacial score (nSPS) is 11.9. The lowest BCUT2D eigenvalue weighted by Crippen LogP contribution is -2.19. The second-order valence-electron chi connectivity index (χ2n) is 2.82. The maximum Gasteiger partial charge on any atom is 0.0645 e. The van der Waals surface area contributed by atoms with Gasteiger partial charge in [-0.15, -0.1) is 0 Å². The summed E-state index contributed by atoms with van der Waals surface area (Å²) >= 11 is 0. The first kappa shape index (κ1) is 10.2. The molecule has 0 aliphatic heterocycles. The van der Waals surface area contributed by atoms with E-state index in [9.17, 15) is 9.90 Å². The van der Waals surface area contributed by atoms with Gasteiger partial charge in [-0.3, -0.25) is 4.98 Å². The van der Waals surface area contributed by atoms with E-state index in [4.69, 9.17) is 0 Å². The van der Waals surface area contributed by atoms with Crippen LogP contribution in [0.25, 0.3) is 6.08 Å². The third-order valence-corrected chi connectivity index (χ3v) is 1.59. The number of carbonyl (C=O) groups is 1. The van der Waals surface area contributed by atoms with Crippen molar-refractivity contribution in [2.75, 3.05) is 0 Å². The molecule has 0 aromatic carbocycles. The van der Waals surface area contributed by atoms with Gasteiger partial charge >= 0.3 is 0 Å². The van der Waals surface area contributed by atoms with Crippen LogP contribution >= 0.6 is 0 Å². The van der Waals surface area contributed by atoms with Crippen LogP contribution in [0, 0.1) is 0 Å². The zero-order chi connectivity index (χ0) is 10.4. The number of hydrogen-bond donors (Lipinski definition) is 0. The molecule has 72 valence electrons. The largest absolute Gasteiger partial charge is 0.545 e. The number of aliphatic carboxylic acids is 1. The fourth-order valence-corrected chi connectivity index (χ4v) is 0.936. The lowest BCUT2D eigenvalue weighted by molar-refractivity contribution is -0.297. The monoisotopic (exact) mass is 188 g/mol. The van der Waals surface area contributed by atoms with Gasteiger partial charge in [0.25, 0.3) is 0 Å². The molecule has 1 aromatic heterocycles. The molecule has 14 heavy (non-hydrogen) atoms. The van der Waals surface area contributed by atoms with Gasteiger partial charge in [-0.25, -0.2) is 0 Å². The summed E-state index contributed by atoms with van der Waals surface area (Å²) in [5, 5.41) is 10.2. The van der Waals surface area contributed by atoms with Crippen LogP contribution < -0.4 is 5.11 Å². The minimum absolute atomic E-state index is 0.641. The summed E-state index contributed by atoms with van der Waals surface area (Å²) in [7, 11) is 0. The number of hydrogen-bond acceptors (Lipinski definition) is 3. The maximum absolute atomic E-state index is 10.2. The van der Waals surface area contributed by atoms with Gasteiger partial charge < -0.3 is 9.90 Å². The number of rotatable bonds is 3. The SMILES string of the molecule is CC(=C/C(=O)[O-])/C=C/c1ccncc1. The molecule has 0 spiro atoms. The summed E-state index contributed by atoms with van der Waals surface area (Å²) in [6.45, 7) is 1.70. The van der Waals surface area contributed by atoms with Crippen molar-refractivity contribution in [2.24, 2.45) is 0 Å². The first-order chi connectivity index (χ1) is 6.68. The molecule has 0 saturated carbocycles. The Hall–Kier alpha value is -1.90. The maximum atomic E-state index is 10.2. The first-order valence-corrected chi connectivity index (χ1v) is 4.16. The quantitative estimate of drug-likeness (QED) is 0.520. The summed E-state index contributed by atoms with van der Waals surface area (Å²) in [6, 6.07) is 3.67. The van der Waals surface area contributed by atoms with E-state index in [2.05, 4.69) is 4.98 Å². The highest BCUT2D eigenvalue weighted by Gasteiger charge is 1.84. The lowest BCUT2D eigenvalue weighted by atomic mass is 10.2. The Morgan fingerprint density at radius 3 is 2.64 bits per heavy atom. The van der Waals surface area contributed by atoms with Crippen LogP contribution in [0.2, 0.25) is 0 Å². The van der Waals surface area contributed by atoms with Crippen molar-refractivity contribution in [3.05, 3.63) is 47.8 Å². The summed E-state index contributed by atoms with van der Waals surface area (Å²) in [4.78, 5) is 14.1. The van der Waals surface area contributed by atoms with Gasteiger partial charge in [0.1, 0.15) is 0 Å². The van der Waals surface area contributed by atoms with Crippen molar-refractivity contribution < 1.29 is 9.90 Å². The Morgan fingerprint density at radius 1 is 1.43 bits per heavy atom. The van der Waals surface area contributed by atoms with E-state index in [1.54, 1.807) is 25.4 Å². The number of aromatic nitrogens is 1. The van der Waals surface area contributed by atoms with Crippen LogP contribution in [0.1, 0.15) is 12.5 Å². The molecule has 3 heteroatoms. The van der Waals surface area contributed by atoms with Crippen LogP contribution in [-0.4, -0.2) is 11.0 Å². The number of pyridine rings is 1. The molecule has 0 bridgehead atoms. The molecule has 1 heterocycles. The van der Waals surface area contributed by atoms with Crippen LogP contribution in [0.4, 0.5) is 0 Å². The topological polar surface area (TPSA) is 53.0 Å². The highest BCUT2D eigenvalue weighted by Crippen LogP contribution is 2.02. The second kappa shape index (κ2) is 4.97. The van der Waals surface area contributed by atoms with Gasteiger partial charge in [-0.2, -0.15) is 0 Å². The van der Waals surface area contributed by atoms with Crippen molar-refractivity contribution in [1.82, 2.24) is 4.98 Å². The van der Waals surface area contributed by atoms with Crippen LogP contribution in [-0.2, 0) is 4.79 Å². The van der Waals surface area contributed by atoms with Crippen molar-refractivity contribution >= 4 is 12.0 Å². The third-order valence-electron chi connectivity index (χ3n) is 1.59. The van der Waals surface area contributed by atoms with Gasteiger partial charge in [0.2, 0.25) is 0 Å². The number of allylic oxidation sites excluding steroid dienone is 2. The van der Waals surface area contributed by atoms with Gasteiger partial charge in [0, 0.05) is 12.4 Å². The van der Waals surface area contributed by atoms with Crippen LogP contribution in [0.5, 0.6) is 0 Å². The van der Waals surface area contributed by atoms with E-state index >= 15 is 0 Å². The Labute approximate surface area is 82.4 Å². The summed E-state index contributed by atoms with van der Waals surface area (Å²) < 4.78 is 0. The van der Waals surface area contributed by atoms with E-state index in [-0.39, 0.29) is 0 Å². The van der Waals surface area contributed by atoms with E-state index in [1.165, 1.54) is 0 Å². The van der Waals surface area contributed by atoms with E-state index < -0.39 is 5.97 Å². The van der Waals surface area contributed by atoms with Crippen molar-refractivity contribution in [3.8, 4) is 0 Å². The van der Waals surface area contributed by atoms with E-state index in [0.29, 0.717) is 5.57 Å². The van der Waals surface area contributed by atoms with Crippen LogP contribution in [0.15, 0.2) is 42.3 Å². The fraction of sp³-hybridized carbons (Fsp3) is 0.0909. The standard InChI is InChI=1S/C11H11NO2/c1-9(8-11(13)14)2-3-10-4-6-12-7-5-10/h2-8H,1H3,(H,13,14)/p-1/b3-2+,9-8-. The Morgan fingerprint density at radius 2 is 2.07 bits per heavy atom. The molecule has 3 nitrogen and oxygen atoms in total. The molecule has 1 aromatic rings. The van der Waals surface area contributed by atoms with E-state index in [0.717, 1.165) is 11.6 Å². The molecule has 1 rings (SSSR count). The molecular weight excluding hydrogens is 178 g/mol. The zero-order valence-electron chi connectivity index (χ0n) is 7.81. The molecule has 0 fully saturated rings. The average Bonchev–Trinajstić information content (AvgIpc) is 2.15. The summed E-state index contributed by atoms with van der Waals surface area (Å²) in [5.41, 5.74) is 1.62. The summed E-state index contributed by atoms with van der Waals surface area (Å²) in [5.74, 6) is -1.18. The highest BCUT2D eigenvalue weighted by atomic mass is 16.4. The number of carboxylic acids is 1. The van der Waals surface area contributed by atoms with Crippen molar-refractivity contribution in [1.29, 1.82) is 0 Å². The van der Waals surface area contributed by atoms with Crippen molar-refractivity contribution in [2.45, 2.75) is 6.92 Å². The summed E-state index contributed by atoms with van der Waals surface area (Å²) in [6.07, 6.45) is 7.94. The number of nitrogens with zero attached hydrogens (tertiary/aromatic N) is 1. The molecular formula is C11H10NO2-. The molecule has 0 amide bonds. The molecule has 0 aliphatic carbocycles.